The van der Waals surface area contributed by atoms with E-state index in [2.05, 4.69) is 21.0 Å². The molecule has 1 fully saturated rings. The lowest BCUT2D eigenvalue weighted by molar-refractivity contribution is -0.706. The zero-order chi connectivity index (χ0) is 27.4. The van der Waals surface area contributed by atoms with E-state index in [0.717, 1.165) is 16.7 Å². The first-order valence-corrected chi connectivity index (χ1v) is 14.2. The fourth-order valence-corrected chi connectivity index (χ4v) is 6.97. The number of hydrogen-bond acceptors (Lipinski definition) is 10. The van der Waals surface area contributed by atoms with E-state index >= 15 is 0 Å². The van der Waals surface area contributed by atoms with Crippen LogP contribution in [0.1, 0.15) is 10.9 Å². The first-order valence-electron chi connectivity index (χ1n) is 10.9. The number of hydrogen-bond donors (Lipinski definition) is 4. The SMILES string of the molecule is COCNC(=O)NC(C(=O)N[C@@H]1C(=O)N2C(C(=O)O)=C(CSc3ccc(Cl)n[n+]3[O-])CSC12)c1cccs1. The molecule has 0 spiro atoms. The maximum atomic E-state index is 13.1. The van der Waals surface area contributed by atoms with Crippen molar-refractivity contribution in [2.45, 2.75) is 22.5 Å². The first-order chi connectivity index (χ1) is 18.2. The summed E-state index contributed by atoms with van der Waals surface area (Å²) in [7, 11) is 1.40. The standard InChI is InChI=1S/C21H21ClN6O7S3/c1-35-9-23-21(33)25-14(11-3-2-6-36-11)17(29)24-15-18(30)27-16(20(31)32)10(8-38-19(15)27)7-37-13-5-4-12(22)26-28(13)34/h2-6,14-15,19H,7-9H2,1H3,(H,24,29)(H,31,32)(H2,23,25,33)/t14?,15-,19?/m1/s1. The number of β-lactam (4-membered cyclic amide) rings is 1. The minimum atomic E-state index is -1.29. The Hall–Kier alpha value is -3.05. The van der Waals surface area contributed by atoms with E-state index in [4.69, 9.17) is 16.3 Å². The molecule has 4 amide bonds. The molecule has 2 unspecified atom stereocenters. The van der Waals surface area contributed by atoms with Crippen LogP contribution in [-0.2, 0) is 19.1 Å². The predicted octanol–water partition coefficient (Wildman–Crippen LogP) is 0.905. The summed E-state index contributed by atoms with van der Waals surface area (Å²) in [6.45, 7) is -0.0618. The Kier molecular flexibility index (Phi) is 8.99. The predicted molar refractivity (Wildman–Crippen MR) is 139 cm³/mol. The number of methoxy groups -OCH3 is 1. The highest BCUT2D eigenvalue weighted by atomic mass is 35.5. The second-order valence-electron chi connectivity index (χ2n) is 7.84. The number of aliphatic carboxylic acids is 1. The Labute approximate surface area is 233 Å². The average molecular weight is 601 g/mol. The highest BCUT2D eigenvalue weighted by Gasteiger charge is 2.54. The van der Waals surface area contributed by atoms with Crippen molar-refractivity contribution >= 4 is 70.3 Å². The van der Waals surface area contributed by atoms with Crippen molar-refractivity contribution in [1.82, 2.24) is 25.9 Å². The van der Waals surface area contributed by atoms with E-state index in [1.807, 2.05) is 0 Å². The lowest BCUT2D eigenvalue weighted by atomic mass is 10.0. The number of fused-ring (bicyclic) bond motifs is 1. The van der Waals surface area contributed by atoms with Gasteiger partial charge in [-0.05, 0) is 39.7 Å². The van der Waals surface area contributed by atoms with E-state index in [1.165, 1.54) is 42.3 Å². The second kappa shape index (κ2) is 12.2. The first kappa shape index (κ1) is 28.0. The molecule has 1 saturated heterocycles. The van der Waals surface area contributed by atoms with Gasteiger partial charge >= 0.3 is 12.0 Å². The van der Waals surface area contributed by atoms with Crippen molar-refractivity contribution in [2.75, 3.05) is 25.3 Å². The van der Waals surface area contributed by atoms with Crippen LogP contribution >= 0.6 is 46.5 Å². The molecule has 3 atom stereocenters. The minimum absolute atomic E-state index is 0.0252. The summed E-state index contributed by atoms with van der Waals surface area (Å²) >= 11 is 9.31. The molecule has 2 aliphatic heterocycles. The number of nitrogens with zero attached hydrogens (tertiary/aromatic N) is 3. The van der Waals surface area contributed by atoms with Gasteiger partial charge in [0.15, 0.2) is 5.15 Å². The summed E-state index contributed by atoms with van der Waals surface area (Å²) < 4.78 is 4.80. The second-order valence-corrected chi connectivity index (χ2v) is 11.3. The Balaban J connectivity index is 1.46. The van der Waals surface area contributed by atoms with Crippen LogP contribution in [0.3, 0.4) is 0 Å². The van der Waals surface area contributed by atoms with Crippen LogP contribution in [0.4, 0.5) is 4.79 Å². The van der Waals surface area contributed by atoms with Crippen molar-refractivity contribution in [3.8, 4) is 0 Å². The van der Waals surface area contributed by atoms with Gasteiger partial charge in [-0.1, -0.05) is 17.7 Å². The van der Waals surface area contributed by atoms with Crippen LogP contribution in [0.25, 0.3) is 0 Å². The smallest absolute Gasteiger partial charge is 0.352 e. The molecule has 13 nitrogen and oxygen atoms in total. The van der Waals surface area contributed by atoms with Crippen molar-refractivity contribution < 1.29 is 33.9 Å². The number of urea groups is 1. The number of rotatable bonds is 10. The molecule has 0 saturated carbocycles. The summed E-state index contributed by atoms with van der Waals surface area (Å²) in [4.78, 5) is 52.5. The van der Waals surface area contributed by atoms with Crippen LogP contribution in [-0.4, -0.2) is 75.7 Å². The fraction of sp³-hybridized carbons (Fsp3) is 0.333. The van der Waals surface area contributed by atoms with Gasteiger partial charge in [0.25, 0.3) is 10.9 Å². The number of thioether (sulfide) groups is 2. The highest BCUT2D eigenvalue weighted by Crippen LogP contribution is 2.41. The van der Waals surface area contributed by atoms with Crippen LogP contribution in [0.5, 0.6) is 0 Å². The summed E-state index contributed by atoms with van der Waals surface area (Å²) in [5, 5.41) is 34.4. The Morgan fingerprint density at radius 3 is 2.84 bits per heavy atom. The number of carboxylic acid groups (broad SMARTS) is 1. The molecular weight excluding hydrogens is 580 g/mol. The number of thiophene rings is 1. The number of amides is 4. The molecule has 4 heterocycles. The molecule has 17 heteroatoms. The summed E-state index contributed by atoms with van der Waals surface area (Å²) in [6, 6.07) is 3.63. The number of nitrogens with one attached hydrogen (secondary N) is 3. The zero-order valence-corrected chi connectivity index (χ0v) is 22.8. The van der Waals surface area contributed by atoms with Gasteiger partial charge in [0, 0.05) is 34.7 Å². The molecule has 0 bridgehead atoms. The quantitative estimate of drug-likeness (QED) is 0.101. The van der Waals surface area contributed by atoms with Crippen molar-refractivity contribution in [2.24, 2.45) is 0 Å². The monoisotopic (exact) mass is 600 g/mol. The summed E-state index contributed by atoms with van der Waals surface area (Å²) in [6.07, 6.45) is 0. The van der Waals surface area contributed by atoms with Gasteiger partial charge in [-0.3, -0.25) is 14.5 Å². The number of carboxylic acids is 1. The van der Waals surface area contributed by atoms with Crippen LogP contribution < -0.4 is 20.8 Å². The average Bonchev–Trinajstić information content (AvgIpc) is 3.42. The van der Waals surface area contributed by atoms with Crippen molar-refractivity contribution in [1.29, 1.82) is 0 Å². The molecule has 4 rings (SSSR count). The summed E-state index contributed by atoms with van der Waals surface area (Å²) in [5.41, 5.74) is 0.271. The van der Waals surface area contributed by atoms with E-state index in [9.17, 15) is 29.5 Å². The Morgan fingerprint density at radius 2 is 2.18 bits per heavy atom. The minimum Gasteiger partial charge on any atom is -0.593 e. The molecule has 2 aromatic heterocycles. The molecule has 202 valence electrons. The van der Waals surface area contributed by atoms with Gasteiger partial charge in [-0.2, -0.15) is 0 Å². The Morgan fingerprint density at radius 1 is 1.39 bits per heavy atom. The van der Waals surface area contributed by atoms with E-state index < -0.39 is 41.3 Å². The normalized spacial score (nSPS) is 19.3. The molecule has 2 aliphatic rings. The molecular formula is C21H21ClN6O7S3. The third kappa shape index (κ3) is 5.99. The van der Waals surface area contributed by atoms with E-state index in [1.54, 1.807) is 17.5 Å². The molecule has 0 aromatic carbocycles. The maximum Gasteiger partial charge on any atom is 0.352 e. The van der Waals surface area contributed by atoms with E-state index in [0.29, 0.717) is 15.3 Å². The van der Waals surface area contributed by atoms with Gasteiger partial charge in [0.05, 0.1) is 0 Å². The molecule has 2 aromatic rings. The lowest BCUT2D eigenvalue weighted by Gasteiger charge is -2.49. The largest absolute Gasteiger partial charge is 0.593 e. The number of carbonyl (C=O) groups excluding carboxylic acids is 3. The lowest BCUT2D eigenvalue weighted by Crippen LogP contribution is -2.71. The van der Waals surface area contributed by atoms with Gasteiger partial charge in [0.2, 0.25) is 5.91 Å². The molecule has 38 heavy (non-hydrogen) atoms. The third-order valence-electron chi connectivity index (χ3n) is 5.42. The summed E-state index contributed by atoms with van der Waals surface area (Å²) in [5.74, 6) is -2.09. The van der Waals surface area contributed by atoms with Crippen LogP contribution in [0, 0.1) is 5.21 Å². The Bertz CT molecular complexity index is 1280. The van der Waals surface area contributed by atoms with Gasteiger partial charge < -0.3 is 31.0 Å². The zero-order valence-electron chi connectivity index (χ0n) is 19.6. The number of halogens is 1. The van der Waals surface area contributed by atoms with Gasteiger partial charge in [-0.25, -0.2) is 9.59 Å². The fourth-order valence-electron chi connectivity index (χ4n) is 3.71. The van der Waals surface area contributed by atoms with Crippen molar-refractivity contribution in [3.05, 3.63) is 56.2 Å². The topological polar surface area (TPSA) is 177 Å². The van der Waals surface area contributed by atoms with Gasteiger partial charge in [0.1, 0.15) is 29.9 Å². The van der Waals surface area contributed by atoms with E-state index in [-0.39, 0.29) is 34.1 Å². The van der Waals surface area contributed by atoms with Crippen LogP contribution in [0.2, 0.25) is 5.15 Å². The molecule has 0 radical (unpaired) electrons. The van der Waals surface area contributed by atoms with Gasteiger partial charge in [-0.15, -0.1) is 23.1 Å². The molecule has 0 aliphatic carbocycles. The highest BCUT2D eigenvalue weighted by molar-refractivity contribution is 8.01. The third-order valence-corrected chi connectivity index (χ3v) is 8.98. The molecule has 4 N–H and O–H groups in total. The number of ether oxygens (including phenoxy) is 1. The van der Waals surface area contributed by atoms with Crippen molar-refractivity contribution in [3.63, 3.8) is 0 Å². The number of aromatic nitrogens is 2. The maximum absolute atomic E-state index is 13.1. The van der Waals surface area contributed by atoms with Crippen LogP contribution in [0.15, 0.2) is 45.9 Å². The number of carbonyl (C=O) groups is 4.